The summed E-state index contributed by atoms with van der Waals surface area (Å²) in [5, 5.41) is 3.66. The van der Waals surface area contributed by atoms with Gasteiger partial charge in [-0.3, -0.25) is 0 Å². The monoisotopic (exact) mass is 260 g/mol. The lowest BCUT2D eigenvalue weighted by molar-refractivity contribution is 0.133. The molecule has 2 heteroatoms. The molecular weight excluding hydrogens is 232 g/mol. The number of piperazine rings is 1. The highest BCUT2D eigenvalue weighted by Gasteiger charge is 2.28. The van der Waals surface area contributed by atoms with Gasteiger partial charge in [-0.1, -0.05) is 51.1 Å². The molecule has 0 bridgehead atoms. The molecular formula is C17H28N2. The fourth-order valence-corrected chi connectivity index (χ4v) is 2.75. The van der Waals surface area contributed by atoms with Crippen molar-refractivity contribution in [2.45, 2.75) is 39.7 Å². The van der Waals surface area contributed by atoms with Crippen LogP contribution in [0.3, 0.4) is 0 Å². The first-order chi connectivity index (χ1) is 9.05. The molecule has 19 heavy (non-hydrogen) atoms. The molecule has 1 N–H and O–H groups in total. The minimum atomic E-state index is 0.359. The van der Waals surface area contributed by atoms with E-state index in [1.54, 1.807) is 0 Å². The van der Waals surface area contributed by atoms with Gasteiger partial charge in [0.25, 0.3) is 0 Å². The number of benzene rings is 1. The summed E-state index contributed by atoms with van der Waals surface area (Å²) in [6, 6.07) is 11.4. The maximum Gasteiger partial charge on any atom is 0.0244 e. The lowest BCUT2D eigenvalue weighted by Gasteiger charge is -2.40. The molecule has 2 rings (SSSR count). The van der Waals surface area contributed by atoms with Crippen molar-refractivity contribution in [2.24, 2.45) is 5.41 Å². The van der Waals surface area contributed by atoms with Crippen molar-refractivity contribution in [1.29, 1.82) is 0 Å². The van der Waals surface area contributed by atoms with Crippen molar-refractivity contribution in [3.8, 4) is 0 Å². The fourth-order valence-electron chi connectivity index (χ4n) is 2.75. The van der Waals surface area contributed by atoms with Crippen LogP contribution in [-0.2, 0) is 6.42 Å². The van der Waals surface area contributed by atoms with Gasteiger partial charge in [0.1, 0.15) is 0 Å². The maximum atomic E-state index is 3.66. The molecule has 1 saturated heterocycles. The van der Waals surface area contributed by atoms with E-state index in [-0.39, 0.29) is 0 Å². The highest BCUT2D eigenvalue weighted by atomic mass is 15.2. The average molecular weight is 260 g/mol. The topological polar surface area (TPSA) is 15.3 Å². The average Bonchev–Trinajstić information content (AvgIpc) is 2.39. The summed E-state index contributed by atoms with van der Waals surface area (Å²) in [5.41, 5.74) is 1.82. The Morgan fingerprint density at radius 2 is 1.95 bits per heavy atom. The molecule has 1 unspecified atom stereocenters. The van der Waals surface area contributed by atoms with Crippen molar-refractivity contribution >= 4 is 0 Å². The summed E-state index contributed by atoms with van der Waals surface area (Å²) in [6.07, 6.45) is 2.46. The van der Waals surface area contributed by atoms with Crippen molar-refractivity contribution in [3.63, 3.8) is 0 Å². The second-order valence-corrected chi connectivity index (χ2v) is 6.76. The first-order valence-corrected chi connectivity index (χ1v) is 7.55. The van der Waals surface area contributed by atoms with Crippen LogP contribution >= 0.6 is 0 Å². The minimum absolute atomic E-state index is 0.359. The number of hydrogen-bond acceptors (Lipinski definition) is 2. The largest absolute Gasteiger partial charge is 0.311 e. The summed E-state index contributed by atoms with van der Waals surface area (Å²) < 4.78 is 0. The lowest BCUT2D eigenvalue weighted by atomic mass is 9.85. The van der Waals surface area contributed by atoms with Crippen LogP contribution in [-0.4, -0.2) is 37.1 Å². The Bertz CT molecular complexity index is 367. The van der Waals surface area contributed by atoms with Gasteiger partial charge >= 0.3 is 0 Å². The molecule has 0 saturated carbocycles. The Balaban J connectivity index is 1.74. The molecule has 106 valence electrons. The highest BCUT2D eigenvalue weighted by molar-refractivity contribution is 5.14. The quantitative estimate of drug-likeness (QED) is 0.895. The first kappa shape index (κ1) is 14.5. The van der Waals surface area contributed by atoms with Gasteiger partial charge in [-0.15, -0.1) is 0 Å². The van der Waals surface area contributed by atoms with E-state index in [0.717, 1.165) is 6.54 Å². The molecule has 1 fully saturated rings. The molecule has 0 amide bonds. The van der Waals surface area contributed by atoms with Gasteiger partial charge in [-0.25, -0.2) is 0 Å². The smallest absolute Gasteiger partial charge is 0.0244 e. The normalized spacial score (nSPS) is 21.5. The number of nitrogens with one attached hydrogen (secondary N) is 1. The number of hydrogen-bond donors (Lipinski definition) is 1. The van der Waals surface area contributed by atoms with Crippen LogP contribution in [0.5, 0.6) is 0 Å². The summed E-state index contributed by atoms with van der Waals surface area (Å²) in [4.78, 5) is 2.62. The second-order valence-electron chi connectivity index (χ2n) is 6.76. The van der Waals surface area contributed by atoms with E-state index in [1.165, 1.54) is 38.0 Å². The van der Waals surface area contributed by atoms with Gasteiger partial charge in [0.2, 0.25) is 0 Å². The summed E-state index contributed by atoms with van der Waals surface area (Å²) in [5.74, 6) is 0. The van der Waals surface area contributed by atoms with E-state index < -0.39 is 0 Å². The molecule has 1 aromatic rings. The van der Waals surface area contributed by atoms with E-state index >= 15 is 0 Å². The van der Waals surface area contributed by atoms with Crippen molar-refractivity contribution in [2.75, 3.05) is 26.2 Å². The van der Waals surface area contributed by atoms with Gasteiger partial charge in [-0.2, -0.15) is 0 Å². The molecule has 1 aliphatic rings. The summed E-state index contributed by atoms with van der Waals surface area (Å²) in [7, 11) is 0. The van der Waals surface area contributed by atoms with Crippen LogP contribution in [0.1, 0.15) is 32.8 Å². The molecule has 1 aliphatic heterocycles. The van der Waals surface area contributed by atoms with Crippen molar-refractivity contribution in [1.82, 2.24) is 10.2 Å². The number of rotatable bonds is 4. The number of nitrogens with zero attached hydrogens (tertiary/aromatic N) is 1. The molecule has 0 aromatic heterocycles. The molecule has 1 heterocycles. The second kappa shape index (κ2) is 6.53. The molecule has 0 spiro atoms. The zero-order chi connectivity index (χ0) is 13.7. The van der Waals surface area contributed by atoms with Crippen LogP contribution in [0.25, 0.3) is 0 Å². The van der Waals surface area contributed by atoms with Crippen LogP contribution in [0.15, 0.2) is 30.3 Å². The number of aryl methyl sites for hydroxylation is 1. The van der Waals surface area contributed by atoms with Crippen LogP contribution in [0.4, 0.5) is 0 Å². The Morgan fingerprint density at radius 1 is 1.21 bits per heavy atom. The molecule has 1 aromatic carbocycles. The maximum absolute atomic E-state index is 3.66. The summed E-state index contributed by atoms with van der Waals surface area (Å²) >= 11 is 0. The zero-order valence-corrected chi connectivity index (χ0v) is 12.7. The Labute approximate surface area is 118 Å². The predicted octanol–water partition coefficient (Wildman–Crippen LogP) is 2.94. The first-order valence-electron chi connectivity index (χ1n) is 7.55. The standard InChI is InChI=1S/C17H28N2/c1-17(2,3)16-14-19(13-11-18-16)12-7-10-15-8-5-4-6-9-15/h4-6,8-9,16,18H,7,10-14H2,1-3H3. The highest BCUT2D eigenvalue weighted by Crippen LogP contribution is 2.21. The lowest BCUT2D eigenvalue weighted by Crippen LogP contribution is -2.55. The van der Waals surface area contributed by atoms with Crippen molar-refractivity contribution < 1.29 is 0 Å². The third-order valence-corrected chi connectivity index (χ3v) is 4.09. The van der Waals surface area contributed by atoms with Gasteiger partial charge in [0.15, 0.2) is 0 Å². The van der Waals surface area contributed by atoms with Crippen LogP contribution < -0.4 is 5.32 Å². The molecule has 1 atom stereocenters. The van der Waals surface area contributed by atoms with E-state index in [1.807, 2.05) is 0 Å². The third kappa shape index (κ3) is 4.63. The fraction of sp³-hybridized carbons (Fsp3) is 0.647. The van der Waals surface area contributed by atoms with Gasteiger partial charge in [0.05, 0.1) is 0 Å². The third-order valence-electron chi connectivity index (χ3n) is 4.09. The van der Waals surface area contributed by atoms with E-state index in [0.29, 0.717) is 11.5 Å². The van der Waals surface area contributed by atoms with E-state index in [4.69, 9.17) is 0 Å². The Hall–Kier alpha value is -0.860. The van der Waals surface area contributed by atoms with Crippen LogP contribution in [0.2, 0.25) is 0 Å². The minimum Gasteiger partial charge on any atom is -0.311 e. The van der Waals surface area contributed by atoms with Crippen LogP contribution in [0, 0.1) is 5.41 Å². The van der Waals surface area contributed by atoms with Gasteiger partial charge in [0, 0.05) is 25.7 Å². The molecule has 0 aliphatic carbocycles. The zero-order valence-electron chi connectivity index (χ0n) is 12.7. The molecule has 0 radical (unpaired) electrons. The predicted molar refractivity (Wildman–Crippen MR) is 82.4 cm³/mol. The SMILES string of the molecule is CC(C)(C)C1CN(CCCc2ccccc2)CCN1. The van der Waals surface area contributed by atoms with Gasteiger partial charge < -0.3 is 10.2 Å². The van der Waals surface area contributed by atoms with E-state index in [2.05, 4.69) is 61.3 Å². The van der Waals surface area contributed by atoms with Gasteiger partial charge in [-0.05, 0) is 30.4 Å². The molecule has 2 nitrogen and oxygen atoms in total. The Kier molecular flexibility index (Phi) is 5.00. The Morgan fingerprint density at radius 3 is 2.63 bits per heavy atom. The summed E-state index contributed by atoms with van der Waals surface area (Å²) in [6.45, 7) is 11.7. The van der Waals surface area contributed by atoms with Crippen molar-refractivity contribution in [3.05, 3.63) is 35.9 Å². The van der Waals surface area contributed by atoms with E-state index in [9.17, 15) is 0 Å².